The number of para-hydroxylation sites is 3. The summed E-state index contributed by atoms with van der Waals surface area (Å²) in [5.41, 5.74) is 13.3. The van der Waals surface area contributed by atoms with Gasteiger partial charge in [0.15, 0.2) is 0 Å². The average molecular weight is 703 g/mol. The van der Waals surface area contributed by atoms with Crippen LogP contribution in [-0.2, 0) is 0 Å². The summed E-state index contributed by atoms with van der Waals surface area (Å²) in [5.74, 6) is 0. The molecule has 11 rings (SSSR count). The number of fused-ring (bicyclic) bond motifs is 8. The van der Waals surface area contributed by atoms with Crippen LogP contribution in [0, 0.1) is 0 Å². The maximum absolute atomic E-state index is 6.42. The molecule has 0 fully saturated rings. The van der Waals surface area contributed by atoms with Gasteiger partial charge in [-0.25, -0.2) is 0 Å². The van der Waals surface area contributed by atoms with E-state index in [1.807, 2.05) is 12.1 Å². The van der Waals surface area contributed by atoms with Crippen molar-refractivity contribution < 1.29 is 4.42 Å². The van der Waals surface area contributed by atoms with Crippen molar-refractivity contribution in [2.75, 3.05) is 4.90 Å². The normalized spacial score (nSPS) is 11.6. The fourth-order valence-corrected chi connectivity index (χ4v) is 8.34. The number of hydrogen-bond donors (Lipinski definition) is 0. The molecule has 9 aromatic carbocycles. The number of hydrogen-bond acceptors (Lipinski definition) is 2. The predicted molar refractivity (Wildman–Crippen MR) is 231 cm³/mol. The molecule has 2 aromatic heterocycles. The van der Waals surface area contributed by atoms with E-state index in [0.29, 0.717) is 0 Å². The first kappa shape index (κ1) is 31.2. The van der Waals surface area contributed by atoms with Crippen molar-refractivity contribution in [2.45, 2.75) is 0 Å². The zero-order valence-electron chi connectivity index (χ0n) is 29.9. The SMILES string of the molecule is c1ccc(-c2cccc(N(c3ccc(-c4ccc5ccc6c7ccccc7oc6c5c4)cc3)c3ccc4c5ccccc5n(-c5ccccc5)c4c3)c2)cc1. The van der Waals surface area contributed by atoms with E-state index in [1.165, 1.54) is 38.3 Å². The third-order valence-corrected chi connectivity index (χ3v) is 11.0. The second-order valence-electron chi connectivity index (χ2n) is 14.2. The lowest BCUT2D eigenvalue weighted by Crippen LogP contribution is -2.10. The van der Waals surface area contributed by atoms with Crippen LogP contribution in [0.1, 0.15) is 0 Å². The zero-order valence-corrected chi connectivity index (χ0v) is 29.9. The minimum atomic E-state index is 0.915. The van der Waals surface area contributed by atoms with E-state index in [2.05, 4.69) is 204 Å². The van der Waals surface area contributed by atoms with E-state index in [4.69, 9.17) is 4.42 Å². The highest BCUT2D eigenvalue weighted by atomic mass is 16.3. The van der Waals surface area contributed by atoms with Crippen LogP contribution in [-0.4, -0.2) is 4.57 Å². The molecule has 55 heavy (non-hydrogen) atoms. The fourth-order valence-electron chi connectivity index (χ4n) is 8.34. The number of rotatable bonds is 6. The van der Waals surface area contributed by atoms with Gasteiger partial charge in [0, 0.05) is 49.7 Å². The minimum Gasteiger partial charge on any atom is -0.455 e. The molecule has 0 aliphatic heterocycles. The van der Waals surface area contributed by atoms with E-state index in [0.717, 1.165) is 61.2 Å². The Morgan fingerprint density at radius 1 is 0.345 bits per heavy atom. The average Bonchev–Trinajstić information content (AvgIpc) is 3.81. The highest BCUT2D eigenvalue weighted by molar-refractivity contribution is 6.15. The van der Waals surface area contributed by atoms with Crippen molar-refractivity contribution in [1.82, 2.24) is 4.57 Å². The van der Waals surface area contributed by atoms with Crippen LogP contribution in [0.3, 0.4) is 0 Å². The summed E-state index contributed by atoms with van der Waals surface area (Å²) in [4.78, 5) is 2.38. The van der Waals surface area contributed by atoms with E-state index in [-0.39, 0.29) is 0 Å². The van der Waals surface area contributed by atoms with E-state index in [1.54, 1.807) is 0 Å². The van der Waals surface area contributed by atoms with Crippen LogP contribution >= 0.6 is 0 Å². The first-order valence-electron chi connectivity index (χ1n) is 18.8. The zero-order chi connectivity index (χ0) is 36.3. The Balaban J connectivity index is 1.07. The molecule has 0 atom stereocenters. The smallest absolute Gasteiger partial charge is 0.143 e. The molecule has 0 amide bonds. The molecule has 0 unspecified atom stereocenters. The van der Waals surface area contributed by atoms with Crippen molar-refractivity contribution in [2.24, 2.45) is 0 Å². The summed E-state index contributed by atoms with van der Waals surface area (Å²) >= 11 is 0. The minimum absolute atomic E-state index is 0.915. The third-order valence-electron chi connectivity index (χ3n) is 11.0. The maximum Gasteiger partial charge on any atom is 0.143 e. The van der Waals surface area contributed by atoms with Gasteiger partial charge in [-0.3, -0.25) is 0 Å². The molecular weight excluding hydrogens is 669 g/mol. The number of furan rings is 1. The summed E-state index contributed by atoms with van der Waals surface area (Å²) in [5, 5.41) is 7.05. The van der Waals surface area contributed by atoms with E-state index in [9.17, 15) is 0 Å². The van der Waals surface area contributed by atoms with Crippen molar-refractivity contribution in [3.8, 4) is 27.9 Å². The molecule has 0 N–H and O–H groups in total. The predicted octanol–water partition coefficient (Wildman–Crippen LogP) is 14.6. The number of nitrogens with zero attached hydrogens (tertiary/aromatic N) is 2. The van der Waals surface area contributed by atoms with Crippen LogP contribution in [0.4, 0.5) is 17.1 Å². The van der Waals surface area contributed by atoms with Crippen molar-refractivity contribution in [3.05, 3.63) is 206 Å². The maximum atomic E-state index is 6.42. The summed E-state index contributed by atoms with van der Waals surface area (Å²) in [6, 6.07) is 74.0. The standard InChI is InChI=1S/C52H34N2O/c1-3-12-35(13-4-1)38-14-11-17-42(32-38)53(43-29-31-45-44-18-7-9-20-49(44)54(50(45)34-43)40-15-5-2-6-16-40)41-27-24-36(25-28-41)39-23-22-37-26-30-47-46-19-8-10-21-51(46)55-52(47)48(37)33-39/h1-34H. The molecule has 0 aliphatic carbocycles. The summed E-state index contributed by atoms with van der Waals surface area (Å²) < 4.78 is 8.81. The highest BCUT2D eigenvalue weighted by Gasteiger charge is 2.19. The van der Waals surface area contributed by atoms with Crippen molar-refractivity contribution in [3.63, 3.8) is 0 Å². The van der Waals surface area contributed by atoms with Gasteiger partial charge < -0.3 is 13.9 Å². The van der Waals surface area contributed by atoms with Crippen molar-refractivity contribution >= 4 is 71.6 Å². The summed E-state index contributed by atoms with van der Waals surface area (Å²) in [7, 11) is 0. The highest BCUT2D eigenvalue weighted by Crippen LogP contribution is 2.42. The third kappa shape index (κ3) is 5.20. The Labute approximate surface area is 318 Å². The Bertz CT molecular complexity index is 3190. The number of benzene rings is 9. The lowest BCUT2D eigenvalue weighted by molar-refractivity contribution is 0.672. The molecule has 0 saturated heterocycles. The summed E-state index contributed by atoms with van der Waals surface area (Å²) in [6.45, 7) is 0. The van der Waals surface area contributed by atoms with Gasteiger partial charge in [0.05, 0.1) is 11.0 Å². The lowest BCUT2D eigenvalue weighted by Gasteiger charge is -2.26. The fraction of sp³-hybridized carbons (Fsp3) is 0. The molecule has 3 heteroatoms. The molecule has 258 valence electrons. The molecule has 0 bridgehead atoms. The van der Waals surface area contributed by atoms with E-state index < -0.39 is 0 Å². The molecule has 3 nitrogen and oxygen atoms in total. The second-order valence-corrected chi connectivity index (χ2v) is 14.2. The Morgan fingerprint density at radius 2 is 0.945 bits per heavy atom. The van der Waals surface area contributed by atoms with Crippen molar-refractivity contribution in [1.29, 1.82) is 0 Å². The van der Waals surface area contributed by atoms with Gasteiger partial charge >= 0.3 is 0 Å². The Hall–Kier alpha value is -7.36. The summed E-state index contributed by atoms with van der Waals surface area (Å²) in [6.07, 6.45) is 0. The van der Waals surface area contributed by atoms with Crippen LogP contribution < -0.4 is 4.90 Å². The first-order valence-corrected chi connectivity index (χ1v) is 18.8. The molecule has 0 aliphatic rings. The van der Waals surface area contributed by atoms with Crippen LogP contribution in [0.25, 0.3) is 82.5 Å². The van der Waals surface area contributed by atoms with Gasteiger partial charge in [0.2, 0.25) is 0 Å². The van der Waals surface area contributed by atoms with Gasteiger partial charge in [-0.1, -0.05) is 133 Å². The molecular formula is C52H34N2O. The quantitative estimate of drug-likeness (QED) is 0.172. The van der Waals surface area contributed by atoms with E-state index >= 15 is 0 Å². The molecule has 11 aromatic rings. The van der Waals surface area contributed by atoms with Crippen LogP contribution in [0.2, 0.25) is 0 Å². The second kappa shape index (κ2) is 12.6. The van der Waals surface area contributed by atoms with Gasteiger partial charge in [0.1, 0.15) is 11.2 Å². The van der Waals surface area contributed by atoms with Crippen LogP contribution in [0.5, 0.6) is 0 Å². The molecule has 0 radical (unpaired) electrons. The molecule has 2 heterocycles. The molecule has 0 spiro atoms. The van der Waals surface area contributed by atoms with Gasteiger partial charge in [0.25, 0.3) is 0 Å². The van der Waals surface area contributed by atoms with Gasteiger partial charge in [-0.05, 0) is 100 Å². The Morgan fingerprint density at radius 3 is 1.80 bits per heavy atom. The lowest BCUT2D eigenvalue weighted by atomic mass is 9.99. The topological polar surface area (TPSA) is 21.3 Å². The van der Waals surface area contributed by atoms with Gasteiger partial charge in [-0.2, -0.15) is 0 Å². The Kier molecular flexibility index (Phi) is 7.17. The van der Waals surface area contributed by atoms with Gasteiger partial charge in [-0.15, -0.1) is 0 Å². The monoisotopic (exact) mass is 702 g/mol. The number of aromatic nitrogens is 1. The largest absolute Gasteiger partial charge is 0.455 e. The molecule has 0 saturated carbocycles. The van der Waals surface area contributed by atoms with Crippen LogP contribution in [0.15, 0.2) is 211 Å². The first-order chi connectivity index (χ1) is 27.3. The number of anilines is 3.